The molecule has 1 saturated carbocycles. The normalized spacial score (nSPS) is 32.7. The number of hydrazone groups is 1. The van der Waals surface area contributed by atoms with Crippen molar-refractivity contribution in [3.63, 3.8) is 0 Å². The Labute approximate surface area is 212 Å². The molecule has 0 aromatic heterocycles. The Kier molecular flexibility index (Phi) is 6.50. The third kappa shape index (κ3) is 4.82. The highest BCUT2D eigenvalue weighted by molar-refractivity contribution is 7.87. The summed E-state index contributed by atoms with van der Waals surface area (Å²) in [6, 6.07) is 6.31. The zero-order valence-electron chi connectivity index (χ0n) is 19.6. The number of hydrogen-bond donors (Lipinski definition) is 1. The number of alkyl halides is 3. The summed E-state index contributed by atoms with van der Waals surface area (Å²) in [5, 5.41) is 7.02. The molecule has 4 aliphatic rings. The van der Waals surface area contributed by atoms with Crippen molar-refractivity contribution < 1.29 is 26.0 Å². The number of nitrogens with one attached hydrogen (secondary N) is 1. The van der Waals surface area contributed by atoms with Crippen molar-refractivity contribution in [3.05, 3.63) is 58.4 Å². The maximum Gasteiger partial charge on any atom is 0.402 e. The van der Waals surface area contributed by atoms with Gasteiger partial charge in [0.2, 0.25) is 0 Å². The van der Waals surface area contributed by atoms with Crippen LogP contribution in [0.1, 0.15) is 43.7 Å². The minimum atomic E-state index is -4.62. The van der Waals surface area contributed by atoms with Crippen molar-refractivity contribution in [1.29, 1.82) is 0 Å². The van der Waals surface area contributed by atoms with Crippen molar-refractivity contribution >= 4 is 27.5 Å². The second-order valence-electron chi connectivity index (χ2n) is 10.1. The maximum atomic E-state index is 13.3. The van der Waals surface area contributed by atoms with Gasteiger partial charge in [0.1, 0.15) is 12.4 Å². The molecule has 12 heteroatoms. The Morgan fingerprint density at radius 3 is 2.47 bits per heavy atom. The first-order valence-corrected chi connectivity index (χ1v) is 13.7. The van der Waals surface area contributed by atoms with Crippen LogP contribution >= 0.6 is 11.6 Å². The van der Waals surface area contributed by atoms with E-state index >= 15 is 0 Å². The van der Waals surface area contributed by atoms with Gasteiger partial charge >= 0.3 is 6.18 Å². The molecule has 6 nitrogen and oxygen atoms in total. The van der Waals surface area contributed by atoms with E-state index in [-0.39, 0.29) is 30.2 Å². The SMILES string of the molecule is CN1N=C(/C=C/C2=C(Cl)CC3CCC(C2)C32CN(CC(F)(F)F)S(=O)(=O)N2)CC1c1ccc(F)cc1. The van der Waals surface area contributed by atoms with Crippen LogP contribution in [0.25, 0.3) is 0 Å². The molecule has 4 atom stereocenters. The van der Waals surface area contributed by atoms with Gasteiger partial charge in [-0.25, -0.2) is 4.39 Å². The minimum absolute atomic E-state index is 0.0179. The van der Waals surface area contributed by atoms with Crippen molar-refractivity contribution in [2.24, 2.45) is 16.9 Å². The van der Waals surface area contributed by atoms with Crippen LogP contribution in [0.2, 0.25) is 0 Å². The number of allylic oxidation sites excluding steroid dienone is 4. The molecule has 1 N–H and O–H groups in total. The Morgan fingerprint density at radius 2 is 1.81 bits per heavy atom. The molecule has 2 aliphatic heterocycles. The Morgan fingerprint density at radius 1 is 1.14 bits per heavy atom. The van der Waals surface area contributed by atoms with Crippen molar-refractivity contribution in [2.45, 2.75) is 49.9 Å². The van der Waals surface area contributed by atoms with Gasteiger partial charge in [0.15, 0.2) is 0 Å². The van der Waals surface area contributed by atoms with E-state index in [0.29, 0.717) is 41.4 Å². The van der Waals surface area contributed by atoms with E-state index in [9.17, 15) is 26.0 Å². The van der Waals surface area contributed by atoms with Crippen molar-refractivity contribution in [1.82, 2.24) is 14.0 Å². The molecular formula is C24H27ClF4N4O2S. The lowest BCUT2D eigenvalue weighted by Gasteiger charge is -2.34. The molecule has 2 heterocycles. The number of hydrogen-bond acceptors (Lipinski definition) is 4. The summed E-state index contributed by atoms with van der Waals surface area (Å²) >= 11 is 6.68. The fourth-order valence-corrected chi connectivity index (χ4v) is 8.17. The highest BCUT2D eigenvalue weighted by Gasteiger charge is 2.60. The summed E-state index contributed by atoms with van der Waals surface area (Å²) in [5.74, 6) is -0.633. The van der Waals surface area contributed by atoms with Gasteiger partial charge in [-0.3, -0.25) is 5.01 Å². The van der Waals surface area contributed by atoms with Gasteiger partial charge in [0.25, 0.3) is 10.2 Å². The largest absolute Gasteiger partial charge is 0.402 e. The quantitative estimate of drug-likeness (QED) is 0.548. The monoisotopic (exact) mass is 546 g/mol. The standard InChI is InChI=1S/C24H27ClF4N4O2S/c1-32-22(15-2-7-19(26)8-3-15)12-20(30-32)9-4-16-10-17-5-6-18(11-21(16)25)23(17)13-33(14-24(27,28)29)36(34,35)31-23/h2-4,7-9,17-18,22,31H,5-6,10-14H2,1H3/b9-4+. The molecule has 0 amide bonds. The van der Waals surface area contributed by atoms with Crippen LogP contribution in [0.5, 0.6) is 0 Å². The molecule has 2 aliphatic carbocycles. The minimum Gasteiger partial charge on any atom is -0.292 e. The second kappa shape index (κ2) is 9.11. The number of rotatable bonds is 4. The highest BCUT2D eigenvalue weighted by Crippen LogP contribution is 2.53. The average Bonchev–Trinajstić information content (AvgIpc) is 3.35. The van der Waals surface area contributed by atoms with E-state index in [1.54, 1.807) is 12.1 Å². The molecule has 2 bridgehead atoms. The van der Waals surface area contributed by atoms with E-state index in [0.717, 1.165) is 16.8 Å². The molecular weight excluding hydrogens is 520 g/mol. The Balaban J connectivity index is 1.32. The Hall–Kier alpha value is -1.95. The summed E-state index contributed by atoms with van der Waals surface area (Å²) in [5.41, 5.74) is 1.67. The van der Waals surface area contributed by atoms with E-state index < -0.39 is 28.5 Å². The van der Waals surface area contributed by atoms with Crippen LogP contribution in [0.4, 0.5) is 17.6 Å². The zero-order valence-corrected chi connectivity index (χ0v) is 21.2. The first kappa shape index (κ1) is 25.7. The average molecular weight is 547 g/mol. The van der Waals surface area contributed by atoms with Gasteiger partial charge < -0.3 is 0 Å². The molecule has 5 rings (SSSR count). The summed E-state index contributed by atoms with van der Waals surface area (Å²) in [7, 11) is -2.38. The number of benzene rings is 1. The molecule has 36 heavy (non-hydrogen) atoms. The van der Waals surface area contributed by atoms with Gasteiger partial charge in [-0.1, -0.05) is 29.8 Å². The predicted molar refractivity (Wildman–Crippen MR) is 129 cm³/mol. The lowest BCUT2D eigenvalue weighted by Crippen LogP contribution is -2.51. The maximum absolute atomic E-state index is 13.3. The molecule has 4 unspecified atom stereocenters. The first-order chi connectivity index (χ1) is 16.9. The van der Waals surface area contributed by atoms with Crippen LogP contribution in [-0.2, 0) is 10.2 Å². The molecule has 1 saturated heterocycles. The van der Waals surface area contributed by atoms with Crippen LogP contribution < -0.4 is 4.72 Å². The number of nitrogens with zero attached hydrogens (tertiary/aromatic N) is 3. The van der Waals surface area contributed by atoms with Crippen LogP contribution in [0.3, 0.4) is 0 Å². The summed E-state index contributed by atoms with van der Waals surface area (Å²) in [6.45, 7) is -1.71. The Bertz CT molecular complexity index is 1230. The van der Waals surface area contributed by atoms with Gasteiger partial charge in [0, 0.05) is 25.0 Å². The van der Waals surface area contributed by atoms with Crippen LogP contribution in [-0.4, -0.2) is 55.3 Å². The van der Waals surface area contributed by atoms with E-state index in [1.807, 2.05) is 24.2 Å². The summed E-state index contributed by atoms with van der Waals surface area (Å²) in [6.07, 6.45) is 2.09. The highest BCUT2D eigenvalue weighted by atomic mass is 35.5. The second-order valence-corrected chi connectivity index (χ2v) is 12.2. The molecule has 196 valence electrons. The zero-order chi connectivity index (χ0) is 25.9. The third-order valence-electron chi connectivity index (χ3n) is 7.88. The molecule has 1 aromatic carbocycles. The molecule has 0 radical (unpaired) electrons. The van der Waals surface area contributed by atoms with Crippen LogP contribution in [0.15, 0.2) is 52.1 Å². The predicted octanol–water partition coefficient (Wildman–Crippen LogP) is 4.88. The number of halogens is 5. The fourth-order valence-electron chi connectivity index (χ4n) is 6.14. The van der Waals surface area contributed by atoms with Gasteiger partial charge in [-0.2, -0.15) is 35.7 Å². The third-order valence-corrected chi connectivity index (χ3v) is 9.86. The molecule has 1 aromatic rings. The lowest BCUT2D eigenvalue weighted by atomic mass is 9.79. The lowest BCUT2D eigenvalue weighted by molar-refractivity contribution is -0.136. The summed E-state index contributed by atoms with van der Waals surface area (Å²) < 4.78 is 80.8. The van der Waals surface area contributed by atoms with Gasteiger partial charge in [-0.05, 0) is 66.9 Å². The van der Waals surface area contributed by atoms with E-state index in [2.05, 4.69) is 9.82 Å². The van der Waals surface area contributed by atoms with E-state index in [4.69, 9.17) is 11.6 Å². The fraction of sp³-hybridized carbons (Fsp3) is 0.542. The van der Waals surface area contributed by atoms with E-state index in [1.165, 1.54) is 12.1 Å². The topological polar surface area (TPSA) is 65.0 Å². The molecule has 1 spiro atoms. The van der Waals surface area contributed by atoms with Gasteiger partial charge in [-0.15, -0.1) is 0 Å². The summed E-state index contributed by atoms with van der Waals surface area (Å²) in [4.78, 5) is 0. The van der Waals surface area contributed by atoms with Crippen LogP contribution in [0, 0.1) is 17.7 Å². The first-order valence-electron chi connectivity index (χ1n) is 11.8. The molecule has 2 fully saturated rings. The van der Waals surface area contributed by atoms with Crippen molar-refractivity contribution in [2.75, 3.05) is 20.1 Å². The van der Waals surface area contributed by atoms with Crippen molar-refractivity contribution in [3.8, 4) is 0 Å². The smallest absolute Gasteiger partial charge is 0.292 e. The van der Waals surface area contributed by atoms with Gasteiger partial charge in [0.05, 0.1) is 17.3 Å².